The molecule has 5 nitrogen and oxygen atoms in total. The molecule has 1 saturated heterocycles. The highest BCUT2D eigenvalue weighted by molar-refractivity contribution is 6.19. The highest BCUT2D eigenvalue weighted by Gasteiger charge is 2.30. The Hall–Kier alpha value is -1.91. The van der Waals surface area contributed by atoms with E-state index in [0.29, 0.717) is 5.69 Å². The van der Waals surface area contributed by atoms with Gasteiger partial charge in [0.25, 0.3) is 0 Å². The van der Waals surface area contributed by atoms with Crippen LogP contribution in [0.15, 0.2) is 23.1 Å². The van der Waals surface area contributed by atoms with E-state index in [1.54, 1.807) is 0 Å². The molecule has 0 saturated carbocycles. The van der Waals surface area contributed by atoms with E-state index < -0.39 is 0 Å². The number of carbonyl (C=O) groups is 2. The highest BCUT2D eigenvalue weighted by atomic mass is 16.2. The SMILES string of the molecule is O=C1CCC(=O)N1c1ccc(=O)[nH]c1. The maximum Gasteiger partial charge on any atom is 0.248 e. The molecule has 1 aromatic rings. The molecule has 5 heteroatoms. The average molecular weight is 192 g/mol. The molecule has 2 amide bonds. The second kappa shape index (κ2) is 3.10. The monoisotopic (exact) mass is 192 g/mol. The van der Waals surface area contributed by atoms with Gasteiger partial charge in [-0.2, -0.15) is 0 Å². The lowest BCUT2D eigenvalue weighted by molar-refractivity contribution is -0.121. The summed E-state index contributed by atoms with van der Waals surface area (Å²) in [6.45, 7) is 0. The van der Waals surface area contributed by atoms with Gasteiger partial charge in [-0.1, -0.05) is 0 Å². The summed E-state index contributed by atoms with van der Waals surface area (Å²) in [5.41, 5.74) is 0.171. The molecule has 0 radical (unpaired) electrons. The molecule has 0 atom stereocenters. The summed E-state index contributed by atoms with van der Waals surface area (Å²) in [4.78, 5) is 36.8. The summed E-state index contributed by atoms with van der Waals surface area (Å²) >= 11 is 0. The molecular weight excluding hydrogens is 184 g/mol. The summed E-state index contributed by atoms with van der Waals surface area (Å²) in [7, 11) is 0. The molecule has 2 rings (SSSR count). The Labute approximate surface area is 79.3 Å². The molecule has 72 valence electrons. The Kier molecular flexibility index (Phi) is 1.92. The number of hydrogen-bond acceptors (Lipinski definition) is 3. The molecule has 0 unspecified atom stereocenters. The van der Waals surface area contributed by atoms with Gasteiger partial charge in [-0.25, -0.2) is 4.90 Å². The van der Waals surface area contributed by atoms with Crippen molar-refractivity contribution in [2.75, 3.05) is 4.90 Å². The highest BCUT2D eigenvalue weighted by Crippen LogP contribution is 2.19. The number of nitrogens with one attached hydrogen (secondary N) is 1. The maximum atomic E-state index is 11.3. The standard InChI is InChI=1S/C9H8N2O3/c12-7-2-1-6(5-10-7)11-8(13)3-4-9(11)14/h1-2,5H,3-4H2,(H,10,12). The number of nitrogens with zero attached hydrogens (tertiary/aromatic N) is 1. The number of rotatable bonds is 1. The number of imide groups is 1. The van der Waals surface area contributed by atoms with Crippen LogP contribution in [0.25, 0.3) is 0 Å². The average Bonchev–Trinajstić information content (AvgIpc) is 2.49. The third-order valence-corrected chi connectivity index (χ3v) is 2.08. The van der Waals surface area contributed by atoms with Gasteiger partial charge in [0, 0.05) is 25.1 Å². The van der Waals surface area contributed by atoms with Crippen LogP contribution in [0.5, 0.6) is 0 Å². The van der Waals surface area contributed by atoms with Crippen molar-refractivity contribution in [3.63, 3.8) is 0 Å². The fraction of sp³-hybridized carbons (Fsp3) is 0.222. The van der Waals surface area contributed by atoms with Crippen LogP contribution in [0.2, 0.25) is 0 Å². The molecule has 1 aromatic heterocycles. The van der Waals surface area contributed by atoms with Crippen molar-refractivity contribution in [1.29, 1.82) is 0 Å². The van der Waals surface area contributed by atoms with E-state index in [-0.39, 0.29) is 30.2 Å². The number of pyridine rings is 1. The topological polar surface area (TPSA) is 70.2 Å². The first-order valence-corrected chi connectivity index (χ1v) is 4.23. The number of aromatic nitrogens is 1. The number of amides is 2. The van der Waals surface area contributed by atoms with Crippen molar-refractivity contribution in [2.45, 2.75) is 12.8 Å². The van der Waals surface area contributed by atoms with E-state index in [4.69, 9.17) is 0 Å². The molecule has 1 aliphatic rings. The summed E-state index contributed by atoms with van der Waals surface area (Å²) < 4.78 is 0. The molecule has 14 heavy (non-hydrogen) atoms. The predicted octanol–water partition coefficient (Wildman–Crippen LogP) is 0.0283. The van der Waals surface area contributed by atoms with Gasteiger partial charge in [0.2, 0.25) is 17.4 Å². The summed E-state index contributed by atoms with van der Waals surface area (Å²) in [6.07, 6.45) is 1.86. The van der Waals surface area contributed by atoms with E-state index >= 15 is 0 Å². The van der Waals surface area contributed by atoms with Crippen LogP contribution in [0.3, 0.4) is 0 Å². The predicted molar refractivity (Wildman–Crippen MR) is 48.8 cm³/mol. The molecular formula is C9H8N2O3. The van der Waals surface area contributed by atoms with Crippen molar-refractivity contribution in [1.82, 2.24) is 4.98 Å². The Bertz CT molecular complexity index is 413. The van der Waals surface area contributed by atoms with E-state index in [1.807, 2.05) is 0 Å². The van der Waals surface area contributed by atoms with Crippen LogP contribution < -0.4 is 10.5 Å². The Morgan fingerprint density at radius 3 is 2.21 bits per heavy atom. The van der Waals surface area contributed by atoms with Crippen molar-refractivity contribution in [2.24, 2.45) is 0 Å². The number of aromatic amines is 1. The van der Waals surface area contributed by atoms with Crippen molar-refractivity contribution >= 4 is 17.5 Å². The lowest BCUT2D eigenvalue weighted by Crippen LogP contribution is -2.29. The number of hydrogen-bond donors (Lipinski definition) is 1. The number of H-pyrrole nitrogens is 1. The van der Waals surface area contributed by atoms with Gasteiger partial charge in [0.15, 0.2) is 0 Å². The van der Waals surface area contributed by atoms with Crippen molar-refractivity contribution in [3.05, 3.63) is 28.7 Å². The van der Waals surface area contributed by atoms with Crippen LogP contribution in [-0.4, -0.2) is 16.8 Å². The van der Waals surface area contributed by atoms with Gasteiger partial charge < -0.3 is 4.98 Å². The molecule has 0 aliphatic carbocycles. The van der Waals surface area contributed by atoms with Crippen LogP contribution in [0.4, 0.5) is 5.69 Å². The Morgan fingerprint density at radius 1 is 1.07 bits per heavy atom. The van der Waals surface area contributed by atoms with Gasteiger partial charge in [-0.3, -0.25) is 14.4 Å². The lowest BCUT2D eigenvalue weighted by atomic mass is 10.4. The van der Waals surface area contributed by atoms with Gasteiger partial charge in [-0.15, -0.1) is 0 Å². The molecule has 1 fully saturated rings. The van der Waals surface area contributed by atoms with Gasteiger partial charge in [-0.05, 0) is 6.07 Å². The largest absolute Gasteiger partial charge is 0.327 e. The summed E-state index contributed by atoms with van der Waals surface area (Å²) in [6, 6.07) is 2.74. The van der Waals surface area contributed by atoms with E-state index in [9.17, 15) is 14.4 Å². The molecule has 1 aliphatic heterocycles. The van der Waals surface area contributed by atoms with Crippen LogP contribution >= 0.6 is 0 Å². The molecule has 1 N–H and O–H groups in total. The third kappa shape index (κ3) is 1.32. The first-order valence-electron chi connectivity index (χ1n) is 4.23. The summed E-state index contributed by atoms with van der Waals surface area (Å²) in [5, 5.41) is 0. The first-order chi connectivity index (χ1) is 6.68. The van der Waals surface area contributed by atoms with Crippen LogP contribution in [-0.2, 0) is 9.59 Å². The normalized spacial score (nSPS) is 16.4. The van der Waals surface area contributed by atoms with E-state index in [1.165, 1.54) is 18.3 Å². The second-order valence-electron chi connectivity index (χ2n) is 3.03. The van der Waals surface area contributed by atoms with Crippen LogP contribution in [0, 0.1) is 0 Å². The molecule has 0 spiro atoms. The van der Waals surface area contributed by atoms with Crippen LogP contribution in [0.1, 0.15) is 12.8 Å². The Morgan fingerprint density at radius 2 is 1.71 bits per heavy atom. The smallest absolute Gasteiger partial charge is 0.248 e. The lowest BCUT2D eigenvalue weighted by Gasteiger charge is -2.12. The summed E-state index contributed by atoms with van der Waals surface area (Å²) in [5.74, 6) is -0.441. The minimum atomic E-state index is -0.257. The van der Waals surface area contributed by atoms with Crippen molar-refractivity contribution < 1.29 is 9.59 Å². The quantitative estimate of drug-likeness (QED) is 0.638. The fourth-order valence-corrected chi connectivity index (χ4v) is 1.41. The first kappa shape index (κ1) is 8.68. The van der Waals surface area contributed by atoms with Gasteiger partial charge in [0.1, 0.15) is 0 Å². The van der Waals surface area contributed by atoms with Gasteiger partial charge in [0.05, 0.1) is 5.69 Å². The van der Waals surface area contributed by atoms with Gasteiger partial charge >= 0.3 is 0 Å². The minimum Gasteiger partial charge on any atom is -0.327 e. The zero-order valence-electron chi connectivity index (χ0n) is 7.32. The minimum absolute atomic E-state index is 0.220. The van der Waals surface area contributed by atoms with E-state index in [2.05, 4.69) is 4.98 Å². The molecule has 2 heterocycles. The third-order valence-electron chi connectivity index (χ3n) is 2.08. The second-order valence-corrected chi connectivity index (χ2v) is 3.03. The van der Waals surface area contributed by atoms with Crippen molar-refractivity contribution in [3.8, 4) is 0 Å². The number of anilines is 1. The number of carbonyl (C=O) groups excluding carboxylic acids is 2. The Balaban J connectivity index is 2.39. The zero-order valence-corrected chi connectivity index (χ0v) is 7.32. The fourth-order valence-electron chi connectivity index (χ4n) is 1.41. The molecule has 0 bridgehead atoms. The maximum absolute atomic E-state index is 11.3. The van der Waals surface area contributed by atoms with E-state index in [0.717, 1.165) is 4.90 Å². The zero-order chi connectivity index (χ0) is 10.1. The molecule has 0 aromatic carbocycles.